The van der Waals surface area contributed by atoms with Crippen molar-refractivity contribution in [2.45, 2.75) is 37.6 Å². The Bertz CT molecular complexity index is 696. The van der Waals surface area contributed by atoms with E-state index in [1.165, 1.54) is 46.5 Å². The third kappa shape index (κ3) is 4.90. The molecule has 0 spiro atoms. The minimum atomic E-state index is -1.23. The summed E-state index contributed by atoms with van der Waals surface area (Å²) in [6.07, 6.45) is -3.85. The maximum absolute atomic E-state index is 11.6. The predicted molar refractivity (Wildman–Crippen MR) is 95.5 cm³/mol. The number of aromatic carboxylic acids is 1. The molecule has 3 N–H and O–H groups in total. The lowest BCUT2D eigenvalue weighted by Crippen LogP contribution is -2.65. The molecule has 0 aromatic heterocycles. The van der Waals surface area contributed by atoms with Crippen molar-refractivity contribution < 1.29 is 43.5 Å². The molecule has 1 aromatic carbocycles. The SMILES string of the molecule is COC[C@H]1O[C@H](Oc2ccc(OC)cc2C(=O)O)[C@@H](NC(C)=O)[C@@H](O)[C@@H]1OC. The third-order valence-electron chi connectivity index (χ3n) is 4.31. The lowest BCUT2D eigenvalue weighted by Gasteiger charge is -2.43. The number of ether oxygens (including phenoxy) is 5. The zero-order chi connectivity index (χ0) is 20.8. The number of aliphatic hydroxyl groups is 1. The molecule has 0 aliphatic carbocycles. The fourth-order valence-corrected chi connectivity index (χ4v) is 3.03. The molecule has 156 valence electrons. The molecule has 1 fully saturated rings. The molecule has 2 rings (SSSR count). The number of carboxylic acids is 1. The number of hydrogen-bond donors (Lipinski definition) is 3. The largest absolute Gasteiger partial charge is 0.497 e. The van der Waals surface area contributed by atoms with Gasteiger partial charge in [0.15, 0.2) is 0 Å². The molecule has 1 aliphatic rings. The Balaban J connectivity index is 2.36. The summed E-state index contributed by atoms with van der Waals surface area (Å²) in [5.41, 5.74) is -0.156. The number of methoxy groups -OCH3 is 3. The van der Waals surface area contributed by atoms with Crippen LogP contribution in [0.5, 0.6) is 11.5 Å². The second kappa shape index (κ2) is 9.69. The van der Waals surface area contributed by atoms with E-state index in [0.717, 1.165) is 0 Å². The van der Waals surface area contributed by atoms with Gasteiger partial charge in [-0.05, 0) is 18.2 Å². The van der Waals surface area contributed by atoms with Crippen LogP contribution in [0.3, 0.4) is 0 Å². The van der Waals surface area contributed by atoms with E-state index in [9.17, 15) is 19.8 Å². The first-order valence-electron chi connectivity index (χ1n) is 8.52. The summed E-state index contributed by atoms with van der Waals surface area (Å²) >= 11 is 0. The van der Waals surface area contributed by atoms with Crippen LogP contribution in [0, 0.1) is 0 Å². The minimum Gasteiger partial charge on any atom is -0.497 e. The van der Waals surface area contributed by atoms with Gasteiger partial charge in [-0.25, -0.2) is 4.79 Å². The number of carbonyl (C=O) groups excluding carboxylic acids is 1. The van der Waals surface area contributed by atoms with Crippen molar-refractivity contribution in [2.75, 3.05) is 27.9 Å². The number of carboxylic acid groups (broad SMARTS) is 1. The van der Waals surface area contributed by atoms with E-state index < -0.39 is 42.5 Å². The molecular formula is C18H25NO9. The molecule has 1 amide bonds. The highest BCUT2D eigenvalue weighted by molar-refractivity contribution is 5.91. The van der Waals surface area contributed by atoms with E-state index in [0.29, 0.717) is 5.75 Å². The number of amides is 1. The molecule has 10 nitrogen and oxygen atoms in total. The van der Waals surface area contributed by atoms with Gasteiger partial charge in [-0.15, -0.1) is 0 Å². The van der Waals surface area contributed by atoms with Crippen molar-refractivity contribution in [1.29, 1.82) is 0 Å². The van der Waals surface area contributed by atoms with Gasteiger partial charge in [-0.3, -0.25) is 4.79 Å². The summed E-state index contributed by atoms with van der Waals surface area (Å²) in [7, 11) is 4.28. The van der Waals surface area contributed by atoms with Crippen LogP contribution in [0.15, 0.2) is 18.2 Å². The Morgan fingerprint density at radius 2 is 1.96 bits per heavy atom. The molecule has 10 heteroatoms. The first-order chi connectivity index (χ1) is 13.3. The number of benzene rings is 1. The Morgan fingerprint density at radius 3 is 2.50 bits per heavy atom. The first-order valence-corrected chi connectivity index (χ1v) is 8.52. The first kappa shape index (κ1) is 21.9. The smallest absolute Gasteiger partial charge is 0.339 e. The molecule has 1 saturated heterocycles. The van der Waals surface area contributed by atoms with E-state index in [2.05, 4.69) is 5.32 Å². The van der Waals surface area contributed by atoms with E-state index in [-0.39, 0.29) is 17.9 Å². The lowest BCUT2D eigenvalue weighted by atomic mass is 9.96. The molecule has 0 saturated carbocycles. The van der Waals surface area contributed by atoms with Gasteiger partial charge in [0.2, 0.25) is 12.2 Å². The van der Waals surface area contributed by atoms with Gasteiger partial charge in [-0.1, -0.05) is 0 Å². The Labute approximate surface area is 162 Å². The zero-order valence-electron chi connectivity index (χ0n) is 16.1. The van der Waals surface area contributed by atoms with Crippen LogP contribution >= 0.6 is 0 Å². The minimum absolute atomic E-state index is 0.00659. The molecule has 1 aromatic rings. The maximum atomic E-state index is 11.6. The normalized spacial score (nSPS) is 27.1. The fourth-order valence-electron chi connectivity index (χ4n) is 3.03. The predicted octanol–water partition coefficient (Wildman–Crippen LogP) is 0.0241. The van der Waals surface area contributed by atoms with Crippen LogP contribution < -0.4 is 14.8 Å². The van der Waals surface area contributed by atoms with E-state index >= 15 is 0 Å². The summed E-state index contributed by atoms with van der Waals surface area (Å²) in [5.74, 6) is -1.32. The van der Waals surface area contributed by atoms with Gasteiger partial charge in [-0.2, -0.15) is 0 Å². The second-order valence-electron chi connectivity index (χ2n) is 6.20. The van der Waals surface area contributed by atoms with Crippen LogP contribution in [-0.2, 0) is 19.0 Å². The molecule has 1 aliphatic heterocycles. The van der Waals surface area contributed by atoms with Crippen LogP contribution in [0.4, 0.5) is 0 Å². The van der Waals surface area contributed by atoms with E-state index in [1.54, 1.807) is 0 Å². The maximum Gasteiger partial charge on any atom is 0.339 e. The van der Waals surface area contributed by atoms with E-state index in [4.69, 9.17) is 23.7 Å². The fraction of sp³-hybridized carbons (Fsp3) is 0.556. The summed E-state index contributed by atoms with van der Waals surface area (Å²) in [6, 6.07) is 3.24. The number of carbonyl (C=O) groups is 2. The summed E-state index contributed by atoms with van der Waals surface area (Å²) in [4.78, 5) is 23.2. The number of rotatable bonds is 8. The number of hydrogen-bond acceptors (Lipinski definition) is 8. The van der Waals surface area contributed by atoms with Crippen molar-refractivity contribution in [2.24, 2.45) is 0 Å². The quantitative estimate of drug-likeness (QED) is 0.553. The Hall–Kier alpha value is -2.40. The monoisotopic (exact) mass is 399 g/mol. The van der Waals surface area contributed by atoms with Crippen molar-refractivity contribution in [3.05, 3.63) is 23.8 Å². The summed E-state index contributed by atoms with van der Waals surface area (Å²) < 4.78 is 27.0. The highest BCUT2D eigenvalue weighted by Crippen LogP contribution is 2.30. The summed E-state index contributed by atoms with van der Waals surface area (Å²) in [5, 5.41) is 22.7. The van der Waals surface area contributed by atoms with Gasteiger partial charge < -0.3 is 39.2 Å². The second-order valence-corrected chi connectivity index (χ2v) is 6.20. The van der Waals surface area contributed by atoms with Crippen molar-refractivity contribution in [3.63, 3.8) is 0 Å². The van der Waals surface area contributed by atoms with Crippen molar-refractivity contribution in [3.8, 4) is 11.5 Å². The van der Waals surface area contributed by atoms with Crippen LogP contribution in [0.2, 0.25) is 0 Å². The third-order valence-corrected chi connectivity index (χ3v) is 4.31. The van der Waals surface area contributed by atoms with Crippen molar-refractivity contribution in [1.82, 2.24) is 5.32 Å². The Morgan fingerprint density at radius 1 is 1.25 bits per heavy atom. The van der Waals surface area contributed by atoms with Crippen molar-refractivity contribution >= 4 is 11.9 Å². The molecule has 0 bridgehead atoms. The van der Waals surface area contributed by atoms with Gasteiger partial charge in [0.05, 0.1) is 13.7 Å². The summed E-state index contributed by atoms with van der Waals surface area (Å²) in [6.45, 7) is 1.37. The lowest BCUT2D eigenvalue weighted by molar-refractivity contribution is -0.251. The van der Waals surface area contributed by atoms with Gasteiger partial charge in [0.1, 0.15) is 41.4 Å². The number of nitrogens with one attached hydrogen (secondary N) is 1. The van der Waals surface area contributed by atoms with E-state index in [1.807, 2.05) is 0 Å². The highest BCUT2D eigenvalue weighted by Gasteiger charge is 2.47. The molecule has 0 radical (unpaired) electrons. The molecule has 5 atom stereocenters. The van der Waals surface area contributed by atoms with Gasteiger partial charge in [0, 0.05) is 21.1 Å². The average molecular weight is 399 g/mol. The molecule has 1 heterocycles. The van der Waals surface area contributed by atoms with Crippen LogP contribution in [-0.4, -0.2) is 80.7 Å². The Kier molecular flexibility index (Phi) is 7.58. The topological polar surface area (TPSA) is 133 Å². The molecular weight excluding hydrogens is 374 g/mol. The highest BCUT2D eigenvalue weighted by atomic mass is 16.7. The standard InChI is InChI=1S/C18H25NO9/c1-9(20)19-14-15(21)16(26-4)13(8-24-2)28-18(14)27-12-6-5-10(25-3)7-11(12)17(22)23/h5-7,13-16,18,21H,8H2,1-4H3,(H,19,20)(H,22,23)/t13-,14+,15-,16-,18+/m1/s1. The molecule has 0 unspecified atom stereocenters. The zero-order valence-corrected chi connectivity index (χ0v) is 16.1. The van der Waals surface area contributed by atoms with Crippen LogP contribution in [0.25, 0.3) is 0 Å². The number of aliphatic hydroxyl groups excluding tert-OH is 1. The average Bonchev–Trinajstić information content (AvgIpc) is 2.65. The van der Waals surface area contributed by atoms with Crippen LogP contribution in [0.1, 0.15) is 17.3 Å². The van der Waals surface area contributed by atoms with Gasteiger partial charge >= 0.3 is 5.97 Å². The molecule has 28 heavy (non-hydrogen) atoms. The van der Waals surface area contributed by atoms with Gasteiger partial charge in [0.25, 0.3) is 0 Å².